The van der Waals surface area contributed by atoms with Crippen molar-refractivity contribution in [2.45, 2.75) is 32.0 Å². The van der Waals surface area contributed by atoms with Crippen molar-refractivity contribution in [3.63, 3.8) is 0 Å². The molecule has 5 heteroatoms. The highest BCUT2D eigenvalue weighted by molar-refractivity contribution is 9.10. The van der Waals surface area contributed by atoms with Crippen molar-refractivity contribution in [1.82, 2.24) is 4.90 Å². The van der Waals surface area contributed by atoms with Gasteiger partial charge in [-0.05, 0) is 38.1 Å². The standard InChI is InChI=1S/C16H21BrN2O2/c1-10(18)16-9-19(5-6-20-16)11(2)15-8-12-7-13(17)3-4-14(12)21-15/h3-4,7-8,10-11,16H,5-6,9,18H2,1-2H3. The van der Waals surface area contributed by atoms with Gasteiger partial charge in [-0.2, -0.15) is 0 Å². The summed E-state index contributed by atoms with van der Waals surface area (Å²) in [4.78, 5) is 2.38. The van der Waals surface area contributed by atoms with Crippen LogP contribution in [0.1, 0.15) is 25.6 Å². The molecule has 3 unspecified atom stereocenters. The van der Waals surface area contributed by atoms with Crippen molar-refractivity contribution in [2.24, 2.45) is 5.73 Å². The third-order valence-electron chi connectivity index (χ3n) is 4.17. The summed E-state index contributed by atoms with van der Waals surface area (Å²) in [7, 11) is 0. The molecule has 0 saturated carbocycles. The van der Waals surface area contributed by atoms with Crippen LogP contribution in [0, 0.1) is 0 Å². The predicted molar refractivity (Wildman–Crippen MR) is 87.3 cm³/mol. The Morgan fingerprint density at radius 2 is 2.14 bits per heavy atom. The molecular weight excluding hydrogens is 332 g/mol. The lowest BCUT2D eigenvalue weighted by Gasteiger charge is -2.37. The minimum Gasteiger partial charge on any atom is -0.459 e. The number of rotatable bonds is 3. The maximum atomic E-state index is 6.00. The van der Waals surface area contributed by atoms with Gasteiger partial charge in [0.15, 0.2) is 0 Å². The molecule has 0 amide bonds. The number of fused-ring (bicyclic) bond motifs is 1. The van der Waals surface area contributed by atoms with Crippen molar-refractivity contribution in [1.29, 1.82) is 0 Å². The highest BCUT2D eigenvalue weighted by Crippen LogP contribution is 2.30. The van der Waals surface area contributed by atoms with Crippen LogP contribution in [-0.4, -0.2) is 36.7 Å². The van der Waals surface area contributed by atoms with Crippen LogP contribution in [0.3, 0.4) is 0 Å². The van der Waals surface area contributed by atoms with Gasteiger partial charge in [0.2, 0.25) is 0 Å². The molecule has 1 aliphatic rings. The normalized spacial score (nSPS) is 23.3. The van der Waals surface area contributed by atoms with Crippen molar-refractivity contribution in [3.8, 4) is 0 Å². The van der Waals surface area contributed by atoms with E-state index in [1.807, 2.05) is 19.1 Å². The molecule has 2 heterocycles. The maximum Gasteiger partial charge on any atom is 0.134 e. The molecule has 21 heavy (non-hydrogen) atoms. The summed E-state index contributed by atoms with van der Waals surface area (Å²) < 4.78 is 12.8. The zero-order chi connectivity index (χ0) is 15.0. The van der Waals surface area contributed by atoms with Gasteiger partial charge in [-0.1, -0.05) is 15.9 Å². The third kappa shape index (κ3) is 3.16. The molecule has 2 aromatic rings. The van der Waals surface area contributed by atoms with Crippen molar-refractivity contribution < 1.29 is 9.15 Å². The lowest BCUT2D eigenvalue weighted by Crippen LogP contribution is -2.50. The predicted octanol–water partition coefficient (Wildman–Crippen LogP) is 3.30. The van der Waals surface area contributed by atoms with Crippen LogP contribution in [-0.2, 0) is 4.74 Å². The second-order valence-electron chi connectivity index (χ2n) is 5.77. The van der Waals surface area contributed by atoms with Crippen LogP contribution >= 0.6 is 15.9 Å². The molecule has 1 aromatic carbocycles. The van der Waals surface area contributed by atoms with E-state index in [1.54, 1.807) is 0 Å². The van der Waals surface area contributed by atoms with Crippen molar-refractivity contribution in [3.05, 3.63) is 34.5 Å². The lowest BCUT2D eigenvalue weighted by molar-refractivity contribution is -0.0520. The first-order valence-electron chi connectivity index (χ1n) is 7.35. The summed E-state index contributed by atoms with van der Waals surface area (Å²) in [5.74, 6) is 0.994. The van der Waals surface area contributed by atoms with Gasteiger partial charge in [-0.25, -0.2) is 0 Å². The van der Waals surface area contributed by atoms with Crippen molar-refractivity contribution in [2.75, 3.05) is 19.7 Å². The molecule has 1 aliphatic heterocycles. The molecule has 1 fully saturated rings. The monoisotopic (exact) mass is 352 g/mol. The first-order chi connectivity index (χ1) is 10.0. The summed E-state index contributed by atoms with van der Waals surface area (Å²) in [6.45, 7) is 6.65. The zero-order valence-electron chi connectivity index (χ0n) is 12.4. The van der Waals surface area contributed by atoms with Crippen LogP contribution < -0.4 is 5.73 Å². The Labute approximate surface area is 133 Å². The zero-order valence-corrected chi connectivity index (χ0v) is 14.0. The van der Waals surface area contributed by atoms with E-state index < -0.39 is 0 Å². The number of morpholine rings is 1. The minimum absolute atomic E-state index is 0.0478. The average Bonchev–Trinajstić information content (AvgIpc) is 2.89. The molecule has 1 saturated heterocycles. The number of nitrogens with two attached hydrogens (primary N) is 1. The molecule has 1 aromatic heterocycles. The Morgan fingerprint density at radius 1 is 1.33 bits per heavy atom. The van der Waals surface area contributed by atoms with Crippen LogP contribution in [0.15, 0.2) is 33.2 Å². The van der Waals surface area contributed by atoms with Gasteiger partial charge in [-0.15, -0.1) is 0 Å². The lowest BCUT2D eigenvalue weighted by atomic mass is 10.1. The number of nitrogens with zero attached hydrogens (tertiary/aromatic N) is 1. The summed E-state index contributed by atoms with van der Waals surface area (Å²) in [5, 5.41) is 1.13. The van der Waals surface area contributed by atoms with Crippen molar-refractivity contribution >= 4 is 26.9 Å². The summed E-state index contributed by atoms with van der Waals surface area (Å²) in [6, 6.07) is 8.48. The smallest absolute Gasteiger partial charge is 0.134 e. The Morgan fingerprint density at radius 3 is 2.90 bits per heavy atom. The number of benzene rings is 1. The van der Waals surface area contributed by atoms with Gasteiger partial charge in [0, 0.05) is 29.0 Å². The fourth-order valence-electron chi connectivity index (χ4n) is 2.79. The molecule has 3 atom stereocenters. The fourth-order valence-corrected chi connectivity index (χ4v) is 3.17. The molecule has 0 radical (unpaired) electrons. The molecule has 0 aliphatic carbocycles. The number of halogens is 1. The Kier molecular flexibility index (Phi) is 4.36. The van der Waals surface area contributed by atoms with E-state index in [1.165, 1.54) is 0 Å². The van der Waals surface area contributed by atoms with E-state index in [4.69, 9.17) is 14.9 Å². The Balaban J connectivity index is 1.81. The van der Waals surface area contributed by atoms with Gasteiger partial charge in [0.25, 0.3) is 0 Å². The van der Waals surface area contributed by atoms with E-state index in [2.05, 4.69) is 39.9 Å². The number of ether oxygens (including phenoxy) is 1. The van der Waals surface area contributed by atoms with Crippen LogP contribution in [0.4, 0.5) is 0 Å². The summed E-state index contributed by atoms with van der Waals surface area (Å²) in [5.41, 5.74) is 6.89. The fraction of sp³-hybridized carbons (Fsp3) is 0.500. The Bertz CT molecular complexity index is 626. The van der Waals surface area contributed by atoms with Gasteiger partial charge in [0.05, 0.1) is 18.8 Å². The molecule has 2 N–H and O–H groups in total. The Hall–Kier alpha value is -0.880. The van der Waals surface area contributed by atoms with Gasteiger partial charge >= 0.3 is 0 Å². The van der Waals surface area contributed by atoms with Crippen LogP contribution in [0.2, 0.25) is 0 Å². The first-order valence-corrected chi connectivity index (χ1v) is 8.14. The number of hydrogen-bond donors (Lipinski definition) is 1. The van der Waals surface area contributed by atoms with Gasteiger partial charge < -0.3 is 14.9 Å². The topological polar surface area (TPSA) is 51.6 Å². The van der Waals surface area contributed by atoms with Gasteiger partial charge in [-0.3, -0.25) is 4.90 Å². The SMILES string of the molecule is CC(N)C1CN(C(C)c2cc3cc(Br)ccc3o2)CCO1. The number of furan rings is 1. The quantitative estimate of drug-likeness (QED) is 0.920. The van der Waals surface area contributed by atoms with E-state index in [9.17, 15) is 0 Å². The minimum atomic E-state index is 0.0478. The maximum absolute atomic E-state index is 6.00. The first kappa shape index (κ1) is 15.0. The van der Waals surface area contributed by atoms with E-state index in [0.29, 0.717) is 0 Å². The highest BCUT2D eigenvalue weighted by Gasteiger charge is 2.28. The number of hydrogen-bond acceptors (Lipinski definition) is 4. The van der Waals surface area contributed by atoms with Crippen LogP contribution in [0.25, 0.3) is 11.0 Å². The van der Waals surface area contributed by atoms with E-state index in [0.717, 1.165) is 40.9 Å². The molecule has 114 valence electrons. The summed E-state index contributed by atoms with van der Waals surface area (Å²) >= 11 is 3.50. The van der Waals surface area contributed by atoms with Crippen LogP contribution in [0.5, 0.6) is 0 Å². The van der Waals surface area contributed by atoms with E-state index >= 15 is 0 Å². The van der Waals surface area contributed by atoms with Gasteiger partial charge in [0.1, 0.15) is 11.3 Å². The van der Waals surface area contributed by atoms with E-state index in [-0.39, 0.29) is 18.2 Å². The summed E-state index contributed by atoms with van der Waals surface area (Å²) in [6.07, 6.45) is 0.0970. The second kappa shape index (κ2) is 6.08. The average molecular weight is 353 g/mol. The highest BCUT2D eigenvalue weighted by atomic mass is 79.9. The third-order valence-corrected chi connectivity index (χ3v) is 4.66. The molecule has 0 bridgehead atoms. The molecular formula is C16H21BrN2O2. The molecule has 3 rings (SSSR count). The second-order valence-corrected chi connectivity index (χ2v) is 6.69. The largest absolute Gasteiger partial charge is 0.459 e. The molecule has 4 nitrogen and oxygen atoms in total. The molecule has 0 spiro atoms.